The van der Waals surface area contributed by atoms with Crippen molar-refractivity contribution < 1.29 is 19.2 Å². The number of carboxylic acids is 1. The maximum Gasteiger partial charge on any atom is 0.323 e. The van der Waals surface area contributed by atoms with E-state index in [4.69, 9.17) is 9.63 Å². The maximum absolute atomic E-state index is 12.4. The summed E-state index contributed by atoms with van der Waals surface area (Å²) in [4.78, 5) is 24.5. The lowest BCUT2D eigenvalue weighted by molar-refractivity contribution is -0.138. The molecule has 6 heteroatoms. The molecule has 0 saturated heterocycles. The van der Waals surface area contributed by atoms with Crippen LogP contribution in [0.4, 0.5) is 0 Å². The van der Waals surface area contributed by atoms with Gasteiger partial charge in [-0.1, -0.05) is 5.16 Å². The number of carboxylic acid groups (broad SMARTS) is 1. The van der Waals surface area contributed by atoms with Crippen LogP contribution in [0.1, 0.15) is 48.5 Å². The fourth-order valence-corrected chi connectivity index (χ4v) is 2.32. The summed E-state index contributed by atoms with van der Waals surface area (Å²) in [6, 6.07) is -0.195. The van der Waals surface area contributed by atoms with E-state index >= 15 is 0 Å². The summed E-state index contributed by atoms with van der Waals surface area (Å²) in [5.74, 6) is -0.614. The van der Waals surface area contributed by atoms with Gasteiger partial charge in [-0.15, -0.1) is 0 Å². The number of amides is 1. The molecule has 1 aromatic rings. The first-order valence-corrected chi connectivity index (χ1v) is 6.51. The minimum Gasteiger partial charge on any atom is -0.480 e. The minimum atomic E-state index is -1.03. The van der Waals surface area contributed by atoms with E-state index in [0.29, 0.717) is 0 Å². The van der Waals surface area contributed by atoms with E-state index in [-0.39, 0.29) is 24.2 Å². The largest absolute Gasteiger partial charge is 0.480 e. The molecule has 0 unspecified atom stereocenters. The highest BCUT2D eigenvalue weighted by Gasteiger charge is 2.29. The monoisotopic (exact) mass is 266 g/mol. The molecule has 0 aliphatic heterocycles. The number of aromatic nitrogens is 1. The highest BCUT2D eigenvalue weighted by atomic mass is 16.5. The van der Waals surface area contributed by atoms with Crippen LogP contribution in [0.5, 0.6) is 0 Å². The van der Waals surface area contributed by atoms with Crippen LogP contribution in [-0.4, -0.2) is 39.6 Å². The molecular weight excluding hydrogens is 248 g/mol. The summed E-state index contributed by atoms with van der Waals surface area (Å²) in [7, 11) is 0. The molecule has 0 atom stereocenters. The summed E-state index contributed by atoms with van der Waals surface area (Å²) >= 11 is 0. The molecule has 0 fully saturated rings. The van der Waals surface area contributed by atoms with Crippen molar-refractivity contribution >= 4 is 11.9 Å². The van der Waals surface area contributed by atoms with Crippen LogP contribution in [0, 0.1) is 0 Å². The van der Waals surface area contributed by atoms with Gasteiger partial charge in [-0.05, 0) is 33.1 Å². The summed E-state index contributed by atoms with van der Waals surface area (Å²) in [6.45, 7) is 3.25. The van der Waals surface area contributed by atoms with Gasteiger partial charge in [0.05, 0.1) is 0 Å². The van der Waals surface area contributed by atoms with Crippen molar-refractivity contribution in [3.63, 3.8) is 0 Å². The zero-order valence-electron chi connectivity index (χ0n) is 11.2. The number of rotatable bonds is 4. The van der Waals surface area contributed by atoms with Crippen molar-refractivity contribution in [1.82, 2.24) is 10.1 Å². The van der Waals surface area contributed by atoms with Gasteiger partial charge in [0.1, 0.15) is 12.3 Å². The topological polar surface area (TPSA) is 83.6 Å². The maximum atomic E-state index is 12.4. The Labute approximate surface area is 111 Å². The molecule has 1 aromatic heterocycles. The van der Waals surface area contributed by atoms with Crippen molar-refractivity contribution in [2.24, 2.45) is 0 Å². The zero-order chi connectivity index (χ0) is 14.0. The van der Waals surface area contributed by atoms with Gasteiger partial charge in [-0.2, -0.15) is 0 Å². The number of carbonyl (C=O) groups is 2. The standard InChI is InChI=1S/C13H18N2O4/c1-8(2)15(7-11(16)17)13(18)12-9-5-3-4-6-10(9)19-14-12/h8H,3-7H2,1-2H3,(H,16,17). The van der Waals surface area contributed by atoms with E-state index in [9.17, 15) is 9.59 Å². The van der Waals surface area contributed by atoms with Gasteiger partial charge in [0.15, 0.2) is 5.69 Å². The van der Waals surface area contributed by atoms with Crippen LogP contribution in [0.15, 0.2) is 4.52 Å². The van der Waals surface area contributed by atoms with Gasteiger partial charge in [0, 0.05) is 18.0 Å². The first-order chi connectivity index (χ1) is 9.00. The van der Waals surface area contributed by atoms with Gasteiger partial charge in [0.2, 0.25) is 0 Å². The van der Waals surface area contributed by atoms with E-state index in [1.807, 2.05) is 0 Å². The van der Waals surface area contributed by atoms with Gasteiger partial charge < -0.3 is 14.5 Å². The second-order valence-corrected chi connectivity index (χ2v) is 5.06. The second-order valence-electron chi connectivity index (χ2n) is 5.06. The Morgan fingerprint density at radius 1 is 1.37 bits per heavy atom. The molecule has 1 heterocycles. The van der Waals surface area contributed by atoms with Gasteiger partial charge >= 0.3 is 5.97 Å². The molecule has 6 nitrogen and oxygen atoms in total. The molecule has 1 N–H and O–H groups in total. The number of aryl methyl sites for hydroxylation is 1. The molecule has 0 saturated carbocycles. The average Bonchev–Trinajstić information content (AvgIpc) is 2.78. The minimum absolute atomic E-state index is 0.195. The molecule has 0 spiro atoms. The quantitative estimate of drug-likeness (QED) is 0.892. The van der Waals surface area contributed by atoms with Crippen LogP contribution in [0.3, 0.4) is 0 Å². The van der Waals surface area contributed by atoms with Crippen molar-refractivity contribution in [1.29, 1.82) is 0 Å². The van der Waals surface area contributed by atoms with Crippen molar-refractivity contribution in [2.45, 2.75) is 45.6 Å². The van der Waals surface area contributed by atoms with E-state index in [0.717, 1.165) is 37.0 Å². The third kappa shape index (κ3) is 2.77. The van der Waals surface area contributed by atoms with Crippen LogP contribution >= 0.6 is 0 Å². The first-order valence-electron chi connectivity index (χ1n) is 6.51. The normalized spacial score (nSPS) is 14.3. The number of hydrogen-bond acceptors (Lipinski definition) is 4. The molecule has 0 bridgehead atoms. The molecular formula is C13H18N2O4. The van der Waals surface area contributed by atoms with Crippen molar-refractivity contribution in [2.75, 3.05) is 6.54 Å². The van der Waals surface area contributed by atoms with Crippen molar-refractivity contribution in [3.8, 4) is 0 Å². The van der Waals surface area contributed by atoms with Crippen molar-refractivity contribution in [3.05, 3.63) is 17.0 Å². The van der Waals surface area contributed by atoms with Crippen LogP contribution in [-0.2, 0) is 17.6 Å². The lowest BCUT2D eigenvalue weighted by Gasteiger charge is -2.24. The van der Waals surface area contributed by atoms with Crippen LogP contribution in [0.2, 0.25) is 0 Å². The van der Waals surface area contributed by atoms with E-state index in [1.165, 1.54) is 4.90 Å². The lowest BCUT2D eigenvalue weighted by Crippen LogP contribution is -2.41. The smallest absolute Gasteiger partial charge is 0.323 e. The van der Waals surface area contributed by atoms with Crippen LogP contribution in [0.25, 0.3) is 0 Å². The third-order valence-corrected chi connectivity index (χ3v) is 3.34. The number of aliphatic carboxylic acids is 1. The van der Waals surface area contributed by atoms with E-state index in [1.54, 1.807) is 13.8 Å². The Morgan fingerprint density at radius 2 is 2.05 bits per heavy atom. The predicted octanol–water partition coefficient (Wildman–Crippen LogP) is 1.49. The number of hydrogen-bond donors (Lipinski definition) is 1. The third-order valence-electron chi connectivity index (χ3n) is 3.34. The van der Waals surface area contributed by atoms with E-state index < -0.39 is 5.97 Å². The molecule has 0 radical (unpaired) electrons. The Balaban J connectivity index is 2.26. The predicted molar refractivity (Wildman–Crippen MR) is 67.0 cm³/mol. The molecule has 1 amide bonds. The number of nitrogens with zero attached hydrogens (tertiary/aromatic N) is 2. The average molecular weight is 266 g/mol. The Morgan fingerprint density at radius 3 is 2.68 bits per heavy atom. The highest BCUT2D eigenvalue weighted by molar-refractivity contribution is 5.95. The highest BCUT2D eigenvalue weighted by Crippen LogP contribution is 2.25. The van der Waals surface area contributed by atoms with Gasteiger partial charge in [0.25, 0.3) is 5.91 Å². The van der Waals surface area contributed by atoms with E-state index in [2.05, 4.69) is 5.16 Å². The fourth-order valence-electron chi connectivity index (χ4n) is 2.32. The summed E-state index contributed by atoms with van der Waals surface area (Å²) in [5.41, 5.74) is 1.14. The zero-order valence-corrected chi connectivity index (χ0v) is 11.2. The summed E-state index contributed by atoms with van der Waals surface area (Å²) in [6.07, 6.45) is 3.63. The molecule has 0 aromatic carbocycles. The number of carbonyl (C=O) groups excluding carboxylic acids is 1. The number of fused-ring (bicyclic) bond motifs is 1. The van der Waals surface area contributed by atoms with Gasteiger partial charge in [-0.3, -0.25) is 9.59 Å². The Kier molecular flexibility index (Phi) is 3.87. The molecule has 1 aliphatic rings. The lowest BCUT2D eigenvalue weighted by atomic mass is 9.96. The summed E-state index contributed by atoms with van der Waals surface area (Å²) in [5, 5.41) is 12.7. The Hall–Kier alpha value is -1.85. The van der Waals surface area contributed by atoms with Gasteiger partial charge in [-0.25, -0.2) is 0 Å². The molecule has 2 rings (SSSR count). The fraction of sp³-hybridized carbons (Fsp3) is 0.615. The molecule has 104 valence electrons. The molecule has 1 aliphatic carbocycles. The van der Waals surface area contributed by atoms with Crippen LogP contribution < -0.4 is 0 Å². The SMILES string of the molecule is CC(C)N(CC(=O)O)C(=O)c1noc2c1CCCC2. The first kappa shape index (κ1) is 13.6. The molecule has 19 heavy (non-hydrogen) atoms. The second kappa shape index (κ2) is 5.42. The Bertz CT molecular complexity index is 493. The summed E-state index contributed by atoms with van der Waals surface area (Å²) < 4.78 is 5.20.